The van der Waals surface area contributed by atoms with Crippen LogP contribution < -0.4 is 0 Å². The number of sulfonamides is 1. The van der Waals surface area contributed by atoms with Crippen molar-refractivity contribution in [3.63, 3.8) is 0 Å². The molecule has 27 heavy (non-hydrogen) atoms. The smallest absolute Gasteiger partial charge is 0.211 e. The van der Waals surface area contributed by atoms with Crippen molar-refractivity contribution in [2.75, 3.05) is 13.1 Å². The number of hydrogen-bond acceptors (Lipinski definition) is 5. The van der Waals surface area contributed by atoms with E-state index in [4.69, 9.17) is 10.5 Å². The maximum absolute atomic E-state index is 13.0. The zero-order valence-electron chi connectivity index (χ0n) is 16.7. The highest BCUT2D eigenvalue weighted by Gasteiger charge is 2.31. The average molecular weight is 395 g/mol. The Bertz CT molecular complexity index is 575. The van der Waals surface area contributed by atoms with Gasteiger partial charge in [-0.3, -0.25) is 0 Å². The molecule has 0 rings (SSSR count). The van der Waals surface area contributed by atoms with Gasteiger partial charge in [-0.2, -0.15) is 15.8 Å². The lowest BCUT2D eigenvalue weighted by Gasteiger charge is -2.25. The molecule has 0 aliphatic rings. The van der Waals surface area contributed by atoms with Crippen LogP contribution in [0.4, 0.5) is 0 Å². The fraction of sp³-hybridized carbons (Fsp3) is 0.850. The lowest BCUT2D eigenvalue weighted by atomic mass is 10.1. The molecule has 152 valence electrons. The summed E-state index contributed by atoms with van der Waals surface area (Å²) in [7, 11) is -3.64. The number of nitriles is 3. The maximum atomic E-state index is 13.0. The molecule has 0 saturated heterocycles. The quantitative estimate of drug-likeness (QED) is 0.334. The summed E-state index contributed by atoms with van der Waals surface area (Å²) >= 11 is 0. The molecule has 0 radical (unpaired) electrons. The average Bonchev–Trinajstić information content (AvgIpc) is 2.65. The molecule has 0 bridgehead atoms. The van der Waals surface area contributed by atoms with Crippen LogP contribution in [0.15, 0.2) is 0 Å². The highest BCUT2D eigenvalue weighted by molar-refractivity contribution is 7.90. The van der Waals surface area contributed by atoms with E-state index in [1.165, 1.54) is 4.31 Å². The van der Waals surface area contributed by atoms with Crippen LogP contribution in [0.25, 0.3) is 0 Å². The van der Waals surface area contributed by atoms with Crippen molar-refractivity contribution in [2.45, 2.75) is 95.6 Å². The Labute approximate surface area is 165 Å². The maximum Gasteiger partial charge on any atom is 0.230 e. The summed E-state index contributed by atoms with van der Waals surface area (Å²) in [5.41, 5.74) is 0. The van der Waals surface area contributed by atoms with Crippen LogP contribution in [-0.2, 0) is 10.0 Å². The van der Waals surface area contributed by atoms with Gasteiger partial charge in [-0.05, 0) is 32.1 Å². The first kappa shape index (κ1) is 25.4. The van der Waals surface area contributed by atoms with Crippen molar-refractivity contribution in [1.82, 2.24) is 4.31 Å². The summed E-state index contributed by atoms with van der Waals surface area (Å²) < 4.78 is 27.4. The van der Waals surface area contributed by atoms with Gasteiger partial charge in [-0.25, -0.2) is 12.7 Å². The summed E-state index contributed by atoms with van der Waals surface area (Å²) in [4.78, 5) is 0. The van der Waals surface area contributed by atoms with E-state index in [9.17, 15) is 13.7 Å². The third-order valence-corrected chi connectivity index (χ3v) is 6.72. The fourth-order valence-electron chi connectivity index (χ4n) is 2.92. The van der Waals surface area contributed by atoms with Gasteiger partial charge in [0.15, 0.2) is 5.25 Å². The number of unbranched alkanes of at least 4 members (excludes halogenated alkanes) is 9. The number of hydrogen-bond donors (Lipinski definition) is 0. The first-order valence-corrected chi connectivity index (χ1v) is 11.7. The van der Waals surface area contributed by atoms with E-state index in [-0.39, 0.29) is 0 Å². The summed E-state index contributed by atoms with van der Waals surface area (Å²) in [6.45, 7) is 2.90. The van der Waals surface area contributed by atoms with Crippen molar-refractivity contribution >= 4 is 10.0 Å². The molecule has 0 heterocycles. The van der Waals surface area contributed by atoms with Gasteiger partial charge in [-0.15, -0.1) is 0 Å². The Balaban J connectivity index is 4.80. The molecule has 0 amide bonds. The molecule has 0 N–H and O–H groups in total. The molecule has 0 aromatic heterocycles. The molecule has 1 unspecified atom stereocenters. The van der Waals surface area contributed by atoms with E-state index >= 15 is 0 Å². The predicted molar refractivity (Wildman–Crippen MR) is 107 cm³/mol. The van der Waals surface area contributed by atoms with Crippen molar-refractivity contribution in [3.8, 4) is 18.2 Å². The van der Waals surface area contributed by atoms with Crippen LogP contribution in [0.5, 0.6) is 0 Å². The molecular formula is C20H34N4O2S. The minimum Gasteiger partial charge on any atom is -0.211 e. The standard InChI is InChI=1S/C20H34N4O2S/c1-2-3-4-9-14-20(19-23)27(25,26)24(17-12-7-5-10-15-21)18-13-8-6-11-16-22/h20H,2-14,17-18H2,1H3. The van der Waals surface area contributed by atoms with Crippen LogP contribution >= 0.6 is 0 Å². The predicted octanol–water partition coefficient (Wildman–Crippen LogP) is 4.65. The van der Waals surface area contributed by atoms with Gasteiger partial charge in [0.2, 0.25) is 10.0 Å². The van der Waals surface area contributed by atoms with E-state index in [0.29, 0.717) is 45.2 Å². The van der Waals surface area contributed by atoms with E-state index in [2.05, 4.69) is 19.1 Å². The molecule has 1 atom stereocenters. The molecule has 0 aliphatic heterocycles. The molecule has 0 aromatic rings. The zero-order valence-corrected chi connectivity index (χ0v) is 17.5. The topological polar surface area (TPSA) is 109 Å². The van der Waals surface area contributed by atoms with E-state index in [0.717, 1.165) is 51.4 Å². The lowest BCUT2D eigenvalue weighted by molar-refractivity contribution is 0.382. The molecule has 0 aromatic carbocycles. The van der Waals surface area contributed by atoms with Crippen LogP contribution in [0.1, 0.15) is 90.4 Å². The van der Waals surface area contributed by atoms with Gasteiger partial charge in [0.1, 0.15) is 0 Å². The van der Waals surface area contributed by atoms with Crippen LogP contribution in [-0.4, -0.2) is 31.1 Å². The Morgan fingerprint density at radius 3 is 1.74 bits per heavy atom. The van der Waals surface area contributed by atoms with Gasteiger partial charge in [0.05, 0.1) is 18.2 Å². The minimum atomic E-state index is -3.64. The van der Waals surface area contributed by atoms with Gasteiger partial charge < -0.3 is 0 Å². The highest BCUT2D eigenvalue weighted by Crippen LogP contribution is 2.18. The van der Waals surface area contributed by atoms with Gasteiger partial charge in [-0.1, -0.05) is 45.4 Å². The third kappa shape index (κ3) is 11.6. The lowest BCUT2D eigenvalue weighted by Crippen LogP contribution is -2.39. The second-order valence-corrected chi connectivity index (χ2v) is 8.96. The fourth-order valence-corrected chi connectivity index (χ4v) is 4.65. The normalized spacial score (nSPS) is 12.3. The van der Waals surface area contributed by atoms with Crippen molar-refractivity contribution in [2.24, 2.45) is 0 Å². The molecular weight excluding hydrogens is 360 g/mol. The molecule has 0 saturated carbocycles. The molecule has 0 aliphatic carbocycles. The molecule has 0 spiro atoms. The van der Waals surface area contributed by atoms with E-state index in [1.807, 2.05) is 6.07 Å². The highest BCUT2D eigenvalue weighted by atomic mass is 32.2. The first-order chi connectivity index (χ1) is 13.0. The van der Waals surface area contributed by atoms with E-state index in [1.54, 1.807) is 0 Å². The summed E-state index contributed by atoms with van der Waals surface area (Å²) in [5.74, 6) is 0. The Kier molecular flexibility index (Phi) is 15.6. The second-order valence-electron chi connectivity index (χ2n) is 6.85. The van der Waals surface area contributed by atoms with Crippen LogP contribution in [0.3, 0.4) is 0 Å². The summed E-state index contributed by atoms with van der Waals surface area (Å²) in [6.07, 6.45) is 9.74. The molecule has 6 nitrogen and oxygen atoms in total. The summed E-state index contributed by atoms with van der Waals surface area (Å²) in [6, 6.07) is 6.20. The van der Waals surface area contributed by atoms with Crippen molar-refractivity contribution < 1.29 is 8.42 Å². The number of rotatable bonds is 17. The van der Waals surface area contributed by atoms with Crippen molar-refractivity contribution in [1.29, 1.82) is 15.8 Å². The molecule has 0 fully saturated rings. The Hall–Kier alpha value is -1.62. The second kappa shape index (κ2) is 16.5. The SMILES string of the molecule is CCCCCCC(C#N)S(=O)(=O)N(CCCCCC#N)CCCCCC#N. The van der Waals surface area contributed by atoms with Gasteiger partial charge in [0.25, 0.3) is 0 Å². The van der Waals surface area contributed by atoms with Crippen LogP contribution in [0.2, 0.25) is 0 Å². The minimum absolute atomic E-state index is 0.387. The third-order valence-electron chi connectivity index (χ3n) is 4.58. The van der Waals surface area contributed by atoms with Gasteiger partial charge in [0, 0.05) is 25.9 Å². The largest absolute Gasteiger partial charge is 0.230 e. The Morgan fingerprint density at radius 2 is 1.30 bits per heavy atom. The first-order valence-electron chi connectivity index (χ1n) is 10.2. The van der Waals surface area contributed by atoms with Crippen LogP contribution in [0, 0.1) is 34.0 Å². The summed E-state index contributed by atoms with van der Waals surface area (Å²) in [5, 5.41) is 25.6. The van der Waals surface area contributed by atoms with E-state index < -0.39 is 15.3 Å². The van der Waals surface area contributed by atoms with Crippen molar-refractivity contribution in [3.05, 3.63) is 0 Å². The Morgan fingerprint density at radius 1 is 0.778 bits per heavy atom. The monoisotopic (exact) mass is 394 g/mol. The molecule has 7 heteroatoms. The number of nitrogens with zero attached hydrogens (tertiary/aromatic N) is 4. The van der Waals surface area contributed by atoms with Gasteiger partial charge >= 0.3 is 0 Å². The zero-order chi connectivity index (χ0) is 20.4.